The summed E-state index contributed by atoms with van der Waals surface area (Å²) in [6.45, 7) is 0.140. The first-order valence-corrected chi connectivity index (χ1v) is 5.72. The van der Waals surface area contributed by atoms with Crippen LogP contribution < -0.4 is 15.8 Å². The normalized spacial score (nSPS) is 10.3. The van der Waals surface area contributed by atoms with Crippen LogP contribution in [-0.2, 0) is 6.54 Å². The molecule has 0 unspecified atom stereocenters. The molecule has 0 radical (unpaired) electrons. The molecular weight excluding hydrogens is 250 g/mol. The minimum Gasteiger partial charge on any atom is -0.495 e. The van der Waals surface area contributed by atoms with Crippen molar-refractivity contribution in [1.29, 1.82) is 0 Å². The summed E-state index contributed by atoms with van der Waals surface area (Å²) in [6, 6.07) is 8.57. The maximum absolute atomic E-state index is 13.5. The fourth-order valence-corrected chi connectivity index (χ4v) is 1.75. The fraction of sp³-hybridized carbons (Fsp3) is 0.143. The second-order valence-electron chi connectivity index (χ2n) is 4.01. The van der Waals surface area contributed by atoms with Gasteiger partial charge in [0.05, 0.1) is 18.5 Å². The number of anilines is 2. The number of nitrogens with one attached hydrogen (secondary N) is 1. The lowest BCUT2D eigenvalue weighted by atomic mass is 10.2. The Balaban J connectivity index is 2.17. The van der Waals surface area contributed by atoms with Crippen molar-refractivity contribution in [3.63, 3.8) is 0 Å². The summed E-state index contributed by atoms with van der Waals surface area (Å²) in [5.74, 6) is -0.406. The van der Waals surface area contributed by atoms with Crippen LogP contribution in [0.5, 0.6) is 5.75 Å². The van der Waals surface area contributed by atoms with Gasteiger partial charge in [-0.1, -0.05) is 6.07 Å². The van der Waals surface area contributed by atoms with Gasteiger partial charge in [-0.25, -0.2) is 8.78 Å². The van der Waals surface area contributed by atoms with Crippen LogP contribution in [0.4, 0.5) is 20.2 Å². The van der Waals surface area contributed by atoms with Crippen LogP contribution >= 0.6 is 0 Å². The molecule has 0 bridgehead atoms. The molecular formula is C14H14F2N2O. The maximum Gasteiger partial charge on any atom is 0.143 e. The summed E-state index contributed by atoms with van der Waals surface area (Å²) < 4.78 is 31.6. The van der Waals surface area contributed by atoms with Crippen molar-refractivity contribution in [3.8, 4) is 5.75 Å². The molecule has 19 heavy (non-hydrogen) atoms. The van der Waals surface area contributed by atoms with Gasteiger partial charge in [-0.15, -0.1) is 0 Å². The van der Waals surface area contributed by atoms with Crippen LogP contribution in [0, 0.1) is 11.6 Å². The van der Waals surface area contributed by atoms with Crippen molar-refractivity contribution < 1.29 is 13.5 Å². The summed E-state index contributed by atoms with van der Waals surface area (Å²) in [5.41, 5.74) is 7.15. The summed E-state index contributed by atoms with van der Waals surface area (Å²) in [6.07, 6.45) is 0. The third-order valence-electron chi connectivity index (χ3n) is 2.76. The molecule has 3 N–H and O–H groups in total. The number of methoxy groups -OCH3 is 1. The first-order valence-electron chi connectivity index (χ1n) is 5.72. The van der Waals surface area contributed by atoms with Gasteiger partial charge in [-0.2, -0.15) is 0 Å². The SMILES string of the molecule is COc1cccc(NCc2cc(F)ccc2F)c1N. The average molecular weight is 264 g/mol. The van der Waals surface area contributed by atoms with Gasteiger partial charge in [-0.05, 0) is 30.3 Å². The summed E-state index contributed by atoms with van der Waals surface area (Å²) in [7, 11) is 1.52. The van der Waals surface area contributed by atoms with Gasteiger partial charge in [0, 0.05) is 12.1 Å². The molecule has 0 amide bonds. The van der Waals surface area contributed by atoms with Crippen LogP contribution in [0.15, 0.2) is 36.4 Å². The van der Waals surface area contributed by atoms with Crippen LogP contribution in [0.2, 0.25) is 0 Å². The minimum atomic E-state index is -0.475. The van der Waals surface area contributed by atoms with Gasteiger partial charge < -0.3 is 15.8 Å². The van der Waals surface area contributed by atoms with Gasteiger partial charge in [-0.3, -0.25) is 0 Å². The molecule has 3 nitrogen and oxygen atoms in total. The quantitative estimate of drug-likeness (QED) is 0.834. The van der Waals surface area contributed by atoms with E-state index in [9.17, 15) is 8.78 Å². The van der Waals surface area contributed by atoms with Crippen molar-refractivity contribution in [1.82, 2.24) is 0 Å². The maximum atomic E-state index is 13.5. The highest BCUT2D eigenvalue weighted by molar-refractivity contribution is 5.72. The molecule has 0 aliphatic rings. The Morgan fingerprint density at radius 1 is 1.21 bits per heavy atom. The monoisotopic (exact) mass is 264 g/mol. The molecule has 2 aromatic carbocycles. The highest BCUT2D eigenvalue weighted by Crippen LogP contribution is 2.29. The van der Waals surface area contributed by atoms with E-state index in [4.69, 9.17) is 10.5 Å². The topological polar surface area (TPSA) is 47.3 Å². The number of benzene rings is 2. The molecule has 2 rings (SSSR count). The smallest absolute Gasteiger partial charge is 0.143 e. The van der Waals surface area contributed by atoms with Crippen LogP contribution in [0.25, 0.3) is 0 Å². The van der Waals surface area contributed by atoms with E-state index in [-0.39, 0.29) is 12.1 Å². The summed E-state index contributed by atoms with van der Waals surface area (Å²) in [5, 5.41) is 2.96. The first-order chi connectivity index (χ1) is 9.11. The number of para-hydroxylation sites is 1. The first kappa shape index (κ1) is 13.1. The largest absolute Gasteiger partial charge is 0.495 e. The number of ether oxygens (including phenoxy) is 1. The van der Waals surface area contributed by atoms with Crippen LogP contribution in [0.1, 0.15) is 5.56 Å². The Morgan fingerprint density at radius 3 is 2.74 bits per heavy atom. The molecule has 0 saturated heterocycles. The Labute approximate surface area is 110 Å². The van der Waals surface area contributed by atoms with E-state index in [1.54, 1.807) is 18.2 Å². The zero-order valence-electron chi connectivity index (χ0n) is 10.4. The molecule has 0 saturated carbocycles. The third-order valence-corrected chi connectivity index (χ3v) is 2.76. The number of hydrogen-bond donors (Lipinski definition) is 2. The van der Waals surface area contributed by atoms with Crippen LogP contribution in [-0.4, -0.2) is 7.11 Å². The molecule has 0 heterocycles. The molecule has 0 spiro atoms. The van der Waals surface area contributed by atoms with E-state index in [0.717, 1.165) is 18.2 Å². The molecule has 0 aliphatic carbocycles. The average Bonchev–Trinajstić information content (AvgIpc) is 2.41. The van der Waals surface area contributed by atoms with E-state index in [1.807, 2.05) is 0 Å². The van der Waals surface area contributed by atoms with Gasteiger partial charge in [0.25, 0.3) is 0 Å². The Kier molecular flexibility index (Phi) is 3.85. The van der Waals surface area contributed by atoms with E-state index in [2.05, 4.69) is 5.32 Å². The highest BCUT2D eigenvalue weighted by atomic mass is 19.1. The zero-order valence-corrected chi connectivity index (χ0v) is 10.4. The van der Waals surface area contributed by atoms with E-state index in [0.29, 0.717) is 17.1 Å². The molecule has 0 aromatic heterocycles. The molecule has 100 valence electrons. The van der Waals surface area contributed by atoms with Crippen molar-refractivity contribution in [2.45, 2.75) is 6.54 Å². The Bertz CT molecular complexity index is 588. The molecule has 0 atom stereocenters. The number of nitrogen functional groups attached to an aromatic ring is 1. The number of nitrogens with two attached hydrogens (primary N) is 1. The van der Waals surface area contributed by atoms with E-state index >= 15 is 0 Å². The minimum absolute atomic E-state index is 0.140. The molecule has 0 aliphatic heterocycles. The standard InChI is InChI=1S/C14H14F2N2O/c1-19-13-4-2-3-12(14(13)17)18-8-9-7-10(15)5-6-11(9)16/h2-7,18H,8,17H2,1H3. The summed E-state index contributed by atoms with van der Waals surface area (Å²) >= 11 is 0. The lowest BCUT2D eigenvalue weighted by Gasteiger charge is -2.12. The van der Waals surface area contributed by atoms with Crippen molar-refractivity contribution in [3.05, 3.63) is 53.6 Å². The van der Waals surface area contributed by atoms with E-state index in [1.165, 1.54) is 7.11 Å². The third kappa shape index (κ3) is 2.93. The van der Waals surface area contributed by atoms with E-state index < -0.39 is 11.6 Å². The molecule has 2 aromatic rings. The lowest BCUT2D eigenvalue weighted by molar-refractivity contribution is 0.417. The second kappa shape index (κ2) is 5.56. The van der Waals surface area contributed by atoms with Crippen LogP contribution in [0.3, 0.4) is 0 Å². The Hall–Kier alpha value is -2.30. The Morgan fingerprint density at radius 2 is 2.00 bits per heavy atom. The lowest BCUT2D eigenvalue weighted by Crippen LogP contribution is -2.05. The second-order valence-corrected chi connectivity index (χ2v) is 4.01. The molecule has 5 heteroatoms. The fourth-order valence-electron chi connectivity index (χ4n) is 1.75. The predicted molar refractivity (Wildman–Crippen MR) is 71.1 cm³/mol. The highest BCUT2D eigenvalue weighted by Gasteiger charge is 2.07. The van der Waals surface area contributed by atoms with Gasteiger partial charge >= 0.3 is 0 Å². The number of halogens is 2. The zero-order chi connectivity index (χ0) is 13.8. The van der Waals surface area contributed by atoms with Gasteiger partial charge in [0.15, 0.2) is 0 Å². The number of rotatable bonds is 4. The predicted octanol–water partition coefficient (Wildman–Crippen LogP) is 3.17. The van der Waals surface area contributed by atoms with Crippen molar-refractivity contribution >= 4 is 11.4 Å². The molecule has 0 fully saturated rings. The van der Waals surface area contributed by atoms with Gasteiger partial charge in [0.2, 0.25) is 0 Å². The summed E-state index contributed by atoms with van der Waals surface area (Å²) in [4.78, 5) is 0. The van der Waals surface area contributed by atoms with Gasteiger partial charge in [0.1, 0.15) is 17.4 Å². The van der Waals surface area contributed by atoms with Crippen molar-refractivity contribution in [2.24, 2.45) is 0 Å². The number of hydrogen-bond acceptors (Lipinski definition) is 3. The van der Waals surface area contributed by atoms with Crippen molar-refractivity contribution in [2.75, 3.05) is 18.2 Å².